The van der Waals surface area contributed by atoms with Crippen molar-refractivity contribution in [1.82, 2.24) is 0 Å². The van der Waals surface area contributed by atoms with Crippen molar-refractivity contribution in [2.45, 2.75) is 71.1 Å². The summed E-state index contributed by atoms with van der Waals surface area (Å²) >= 11 is 0. The van der Waals surface area contributed by atoms with Crippen molar-refractivity contribution in [2.24, 2.45) is 0 Å². The Bertz CT molecular complexity index is 353. The van der Waals surface area contributed by atoms with Crippen LogP contribution in [0, 0.1) is 0 Å². The molecule has 0 radical (unpaired) electrons. The van der Waals surface area contributed by atoms with Crippen molar-refractivity contribution >= 4 is 6.08 Å². The van der Waals surface area contributed by atoms with Gasteiger partial charge in [-0.3, -0.25) is 0 Å². The van der Waals surface area contributed by atoms with E-state index in [0.717, 1.165) is 17.9 Å². The van der Waals surface area contributed by atoms with Gasteiger partial charge < -0.3 is 4.74 Å². The molecule has 1 nitrogen and oxygen atoms in total. The molecule has 0 unspecified atom stereocenters. The lowest BCUT2D eigenvalue weighted by molar-refractivity contribution is 0.304. The fraction of sp³-hybridized carbons (Fsp3) is 0.600. The smallest absolute Gasteiger partial charge is 0.119 e. The summed E-state index contributed by atoms with van der Waals surface area (Å²) in [6.07, 6.45) is 15.5. The quantitative estimate of drug-likeness (QED) is 0.370. The predicted octanol–water partition coefficient (Wildman–Crippen LogP) is 6.63. The van der Waals surface area contributed by atoms with Crippen LogP contribution in [0.1, 0.15) is 76.7 Å². The van der Waals surface area contributed by atoms with Crippen LogP contribution in [-0.4, -0.2) is 6.61 Å². The fourth-order valence-electron chi connectivity index (χ4n) is 2.48. The molecule has 0 amide bonds. The maximum Gasteiger partial charge on any atom is 0.119 e. The highest BCUT2D eigenvalue weighted by atomic mass is 16.5. The van der Waals surface area contributed by atoms with Crippen LogP contribution in [0.4, 0.5) is 0 Å². The molecule has 0 spiro atoms. The van der Waals surface area contributed by atoms with E-state index in [-0.39, 0.29) is 0 Å². The number of benzene rings is 1. The zero-order chi connectivity index (χ0) is 15.2. The van der Waals surface area contributed by atoms with Gasteiger partial charge in [-0.15, -0.1) is 0 Å². The van der Waals surface area contributed by atoms with Crippen LogP contribution < -0.4 is 4.74 Å². The average molecular weight is 288 g/mol. The van der Waals surface area contributed by atoms with E-state index in [9.17, 15) is 0 Å². The molecule has 0 atom stereocenters. The highest BCUT2D eigenvalue weighted by Gasteiger charge is 1.95. The van der Waals surface area contributed by atoms with E-state index in [4.69, 9.17) is 4.74 Å². The number of ether oxygens (including phenoxy) is 1. The summed E-state index contributed by atoms with van der Waals surface area (Å²) in [6, 6.07) is 8.13. The zero-order valence-corrected chi connectivity index (χ0v) is 13.8. The summed E-state index contributed by atoms with van der Waals surface area (Å²) in [4.78, 5) is 0. The number of hydrogen-bond acceptors (Lipinski definition) is 1. The first kappa shape index (κ1) is 17.8. The van der Waals surface area contributed by atoms with Gasteiger partial charge in [0.1, 0.15) is 5.75 Å². The second-order valence-electron chi connectivity index (χ2n) is 5.80. The molecule has 0 saturated carbocycles. The van der Waals surface area contributed by atoms with Crippen molar-refractivity contribution < 1.29 is 4.74 Å². The first-order valence-corrected chi connectivity index (χ1v) is 8.72. The van der Waals surface area contributed by atoms with E-state index in [2.05, 4.69) is 13.5 Å². The van der Waals surface area contributed by atoms with E-state index in [0.29, 0.717) is 0 Å². The third-order valence-corrected chi connectivity index (χ3v) is 3.88. The minimum absolute atomic E-state index is 0.837. The van der Waals surface area contributed by atoms with Crippen LogP contribution in [0.3, 0.4) is 0 Å². The molecule has 0 heterocycles. The first-order valence-electron chi connectivity index (χ1n) is 8.72. The minimum Gasteiger partial charge on any atom is -0.494 e. The van der Waals surface area contributed by atoms with Crippen molar-refractivity contribution in [2.75, 3.05) is 6.61 Å². The van der Waals surface area contributed by atoms with E-state index >= 15 is 0 Å². The lowest BCUT2D eigenvalue weighted by Crippen LogP contribution is -1.97. The normalized spacial score (nSPS) is 10.5. The van der Waals surface area contributed by atoms with E-state index < -0.39 is 0 Å². The molecule has 1 heteroatoms. The van der Waals surface area contributed by atoms with Crippen molar-refractivity contribution in [3.8, 4) is 5.75 Å². The molecule has 0 aliphatic carbocycles. The molecule has 1 rings (SSSR count). The second kappa shape index (κ2) is 12.5. The second-order valence-corrected chi connectivity index (χ2v) is 5.80. The third-order valence-electron chi connectivity index (χ3n) is 3.88. The van der Waals surface area contributed by atoms with Gasteiger partial charge in [-0.2, -0.15) is 0 Å². The van der Waals surface area contributed by atoms with Crippen LogP contribution in [-0.2, 0) is 0 Å². The van der Waals surface area contributed by atoms with Crippen LogP contribution >= 0.6 is 0 Å². The summed E-state index contributed by atoms with van der Waals surface area (Å²) in [6.45, 7) is 6.86. The standard InChI is InChI=1S/C20H32O/c1-3-5-6-7-8-9-10-11-12-13-18-21-20-16-14-19(4-2)15-17-20/h4,14-17H,2-3,5-13,18H2,1H3. The largest absolute Gasteiger partial charge is 0.494 e. The Morgan fingerprint density at radius 1 is 0.810 bits per heavy atom. The van der Waals surface area contributed by atoms with Crippen LogP contribution in [0.15, 0.2) is 30.8 Å². The van der Waals surface area contributed by atoms with Crippen LogP contribution in [0.5, 0.6) is 5.75 Å². The molecular formula is C20H32O. The Morgan fingerprint density at radius 3 is 1.86 bits per heavy atom. The maximum absolute atomic E-state index is 5.74. The highest BCUT2D eigenvalue weighted by molar-refractivity contribution is 5.48. The van der Waals surface area contributed by atoms with Gasteiger partial charge in [0, 0.05) is 0 Å². The van der Waals surface area contributed by atoms with Crippen molar-refractivity contribution in [3.63, 3.8) is 0 Å². The molecule has 1 aromatic carbocycles. The van der Waals surface area contributed by atoms with Crippen LogP contribution in [0.25, 0.3) is 6.08 Å². The summed E-state index contributed by atoms with van der Waals surface area (Å²) in [5.41, 5.74) is 1.14. The lowest BCUT2D eigenvalue weighted by Gasteiger charge is -2.06. The van der Waals surface area contributed by atoms with Gasteiger partial charge in [0.15, 0.2) is 0 Å². The van der Waals surface area contributed by atoms with Gasteiger partial charge in [-0.25, -0.2) is 0 Å². The Balaban J connectivity index is 1.89. The fourth-order valence-corrected chi connectivity index (χ4v) is 2.48. The van der Waals surface area contributed by atoms with Gasteiger partial charge in [0.25, 0.3) is 0 Å². The van der Waals surface area contributed by atoms with Gasteiger partial charge >= 0.3 is 0 Å². The summed E-state index contributed by atoms with van der Waals surface area (Å²) in [5, 5.41) is 0. The molecule has 21 heavy (non-hydrogen) atoms. The molecule has 118 valence electrons. The van der Waals surface area contributed by atoms with E-state index in [1.54, 1.807) is 0 Å². The minimum atomic E-state index is 0.837. The Labute approximate surface area is 131 Å². The summed E-state index contributed by atoms with van der Waals surface area (Å²) in [5.74, 6) is 0.969. The SMILES string of the molecule is C=Cc1ccc(OCCCCCCCCCCCC)cc1. The maximum atomic E-state index is 5.74. The molecule has 0 bridgehead atoms. The topological polar surface area (TPSA) is 9.23 Å². The Kier molecular flexibility index (Phi) is 10.6. The van der Waals surface area contributed by atoms with Crippen molar-refractivity contribution in [3.05, 3.63) is 36.4 Å². The molecule has 0 aromatic heterocycles. The van der Waals surface area contributed by atoms with Gasteiger partial charge in [0.05, 0.1) is 6.61 Å². The van der Waals surface area contributed by atoms with Gasteiger partial charge in [0.2, 0.25) is 0 Å². The van der Waals surface area contributed by atoms with E-state index in [1.165, 1.54) is 64.2 Å². The zero-order valence-electron chi connectivity index (χ0n) is 13.8. The lowest BCUT2D eigenvalue weighted by atomic mass is 10.1. The molecular weight excluding hydrogens is 256 g/mol. The molecule has 0 aliphatic rings. The third kappa shape index (κ3) is 9.33. The first-order chi connectivity index (χ1) is 10.4. The Morgan fingerprint density at radius 2 is 1.33 bits per heavy atom. The summed E-state index contributed by atoms with van der Waals surface area (Å²) in [7, 11) is 0. The highest BCUT2D eigenvalue weighted by Crippen LogP contribution is 2.14. The monoisotopic (exact) mass is 288 g/mol. The number of unbranched alkanes of at least 4 members (excludes halogenated alkanes) is 9. The number of hydrogen-bond donors (Lipinski definition) is 0. The molecule has 0 fully saturated rings. The summed E-state index contributed by atoms with van der Waals surface area (Å²) < 4.78 is 5.74. The average Bonchev–Trinajstić information content (AvgIpc) is 2.53. The van der Waals surface area contributed by atoms with Gasteiger partial charge in [-0.05, 0) is 24.1 Å². The van der Waals surface area contributed by atoms with Crippen LogP contribution in [0.2, 0.25) is 0 Å². The van der Waals surface area contributed by atoms with E-state index in [1.807, 2.05) is 30.3 Å². The molecule has 0 N–H and O–H groups in total. The number of rotatable bonds is 13. The Hall–Kier alpha value is -1.24. The van der Waals surface area contributed by atoms with Gasteiger partial charge in [-0.1, -0.05) is 89.5 Å². The predicted molar refractivity (Wildman–Crippen MR) is 93.9 cm³/mol. The molecule has 1 aromatic rings. The molecule has 0 saturated heterocycles. The van der Waals surface area contributed by atoms with Crippen molar-refractivity contribution in [1.29, 1.82) is 0 Å². The molecule has 0 aliphatic heterocycles.